The lowest BCUT2D eigenvalue weighted by molar-refractivity contribution is -0.148. The molecular formula is C18H30N4O10. The van der Waals surface area contributed by atoms with Gasteiger partial charge in [0.15, 0.2) is 0 Å². The zero-order valence-corrected chi connectivity index (χ0v) is 17.9. The van der Waals surface area contributed by atoms with E-state index in [9.17, 15) is 33.9 Å². The van der Waals surface area contributed by atoms with Gasteiger partial charge in [0.25, 0.3) is 0 Å². The molecule has 0 aliphatic carbocycles. The Kier molecular flexibility index (Phi) is 11.9. The molecular weight excluding hydrogens is 432 g/mol. The molecule has 0 radical (unpaired) electrons. The lowest BCUT2D eigenvalue weighted by Gasteiger charge is -2.26. The topological polar surface area (TPSA) is 245 Å². The van der Waals surface area contributed by atoms with Gasteiger partial charge < -0.3 is 42.1 Å². The average Bonchev–Trinajstić information content (AvgIpc) is 2.62. The fraction of sp³-hybridized carbons (Fsp3) is 0.667. The molecule has 0 aliphatic rings. The molecule has 0 aromatic carbocycles. The Bertz CT molecular complexity index is 725. The lowest BCUT2D eigenvalue weighted by atomic mass is 10.0. The molecule has 14 heteroatoms. The summed E-state index contributed by atoms with van der Waals surface area (Å²) in [6, 6.07) is -6.29. The van der Waals surface area contributed by atoms with Gasteiger partial charge in [0.05, 0.1) is 25.0 Å². The van der Waals surface area contributed by atoms with Gasteiger partial charge in [-0.2, -0.15) is 0 Å². The van der Waals surface area contributed by atoms with Gasteiger partial charge in [0.2, 0.25) is 17.7 Å². The molecule has 32 heavy (non-hydrogen) atoms. The molecule has 5 atom stereocenters. The maximum Gasteiger partial charge on any atom is 0.326 e. The van der Waals surface area contributed by atoms with E-state index in [1.165, 1.54) is 0 Å². The van der Waals surface area contributed by atoms with Crippen LogP contribution in [0.2, 0.25) is 0 Å². The van der Waals surface area contributed by atoms with E-state index in [0.29, 0.717) is 0 Å². The lowest BCUT2D eigenvalue weighted by Crippen LogP contribution is -2.60. The van der Waals surface area contributed by atoms with Gasteiger partial charge in [-0.05, 0) is 19.3 Å². The van der Waals surface area contributed by atoms with Crippen LogP contribution >= 0.6 is 0 Å². The predicted molar refractivity (Wildman–Crippen MR) is 107 cm³/mol. The van der Waals surface area contributed by atoms with Crippen LogP contribution in [0.4, 0.5) is 0 Å². The van der Waals surface area contributed by atoms with E-state index in [2.05, 4.69) is 5.32 Å². The number of aliphatic hydroxyl groups is 1. The molecule has 0 saturated heterocycles. The minimum atomic E-state index is -1.88. The fourth-order valence-electron chi connectivity index (χ4n) is 2.57. The minimum absolute atomic E-state index is 0.0613. The van der Waals surface area contributed by atoms with Gasteiger partial charge >= 0.3 is 17.9 Å². The number of nitrogens with one attached hydrogen (secondary N) is 3. The first-order valence-electron chi connectivity index (χ1n) is 9.66. The molecule has 0 heterocycles. The molecule has 0 aromatic rings. The van der Waals surface area contributed by atoms with Crippen molar-refractivity contribution in [1.29, 1.82) is 0 Å². The van der Waals surface area contributed by atoms with E-state index in [-0.39, 0.29) is 12.3 Å². The van der Waals surface area contributed by atoms with Crippen molar-refractivity contribution in [2.45, 2.75) is 70.3 Å². The number of carboxylic acids is 3. The van der Waals surface area contributed by atoms with E-state index >= 15 is 0 Å². The standard InChI is InChI=1S/C18H30N4O10/c1-7(2)4-9(19)15(28)22-14(8(3)23)17(30)20-10(5-12(24)25)16(29)21-11(18(31)32)6-13(26)27/h7-11,14,23H,4-6,19H2,1-3H3,(H,20,30)(H,21,29)(H,22,28)(H,24,25)(H,26,27)(H,31,32). The molecule has 0 spiro atoms. The third kappa shape index (κ3) is 10.7. The Morgan fingerprint density at radius 1 is 0.750 bits per heavy atom. The van der Waals surface area contributed by atoms with Crippen molar-refractivity contribution < 1.29 is 49.2 Å². The quantitative estimate of drug-likeness (QED) is 0.131. The summed E-state index contributed by atoms with van der Waals surface area (Å²) >= 11 is 0. The largest absolute Gasteiger partial charge is 0.481 e. The minimum Gasteiger partial charge on any atom is -0.481 e. The number of carbonyl (C=O) groups excluding carboxylic acids is 3. The number of carboxylic acid groups (broad SMARTS) is 3. The summed E-state index contributed by atoms with van der Waals surface area (Å²) in [6.45, 7) is 4.80. The van der Waals surface area contributed by atoms with Gasteiger partial charge in [-0.15, -0.1) is 0 Å². The van der Waals surface area contributed by atoms with Crippen LogP contribution in [0.15, 0.2) is 0 Å². The number of hydrogen-bond acceptors (Lipinski definition) is 8. The van der Waals surface area contributed by atoms with Crippen molar-refractivity contribution in [3.8, 4) is 0 Å². The van der Waals surface area contributed by atoms with Gasteiger partial charge in [0.1, 0.15) is 18.1 Å². The zero-order chi connectivity index (χ0) is 25.2. The smallest absolute Gasteiger partial charge is 0.326 e. The number of aliphatic hydroxyl groups excluding tert-OH is 1. The van der Waals surface area contributed by atoms with Crippen LogP contribution in [0.1, 0.15) is 40.0 Å². The summed E-state index contributed by atoms with van der Waals surface area (Å²) < 4.78 is 0. The summed E-state index contributed by atoms with van der Waals surface area (Å²) in [5.41, 5.74) is 5.73. The molecule has 3 amide bonds. The number of nitrogens with two attached hydrogens (primary N) is 1. The van der Waals surface area contributed by atoms with Crippen LogP contribution < -0.4 is 21.7 Å². The molecule has 0 aromatic heterocycles. The van der Waals surface area contributed by atoms with Crippen molar-refractivity contribution in [3.05, 3.63) is 0 Å². The molecule has 14 nitrogen and oxygen atoms in total. The van der Waals surface area contributed by atoms with E-state index in [1.807, 2.05) is 24.5 Å². The Hall–Kier alpha value is -3.26. The van der Waals surface area contributed by atoms with Gasteiger partial charge in [0, 0.05) is 0 Å². The fourth-order valence-corrected chi connectivity index (χ4v) is 2.57. The highest BCUT2D eigenvalue weighted by atomic mass is 16.4. The third-order valence-electron chi connectivity index (χ3n) is 4.13. The maximum atomic E-state index is 12.5. The second-order valence-electron chi connectivity index (χ2n) is 7.62. The van der Waals surface area contributed by atoms with Crippen LogP contribution in [0.3, 0.4) is 0 Å². The number of aliphatic carboxylic acids is 3. The highest BCUT2D eigenvalue weighted by Crippen LogP contribution is 2.05. The molecule has 0 bridgehead atoms. The first kappa shape index (κ1) is 28.7. The van der Waals surface area contributed by atoms with Crippen molar-refractivity contribution >= 4 is 35.6 Å². The van der Waals surface area contributed by atoms with Crippen molar-refractivity contribution in [3.63, 3.8) is 0 Å². The molecule has 0 saturated carbocycles. The van der Waals surface area contributed by atoms with E-state index in [0.717, 1.165) is 6.92 Å². The number of amides is 3. The first-order valence-corrected chi connectivity index (χ1v) is 9.66. The van der Waals surface area contributed by atoms with E-state index in [4.69, 9.17) is 21.1 Å². The first-order chi connectivity index (χ1) is 14.6. The van der Waals surface area contributed by atoms with E-state index in [1.54, 1.807) is 0 Å². The second kappa shape index (κ2) is 13.2. The monoisotopic (exact) mass is 462 g/mol. The van der Waals surface area contributed by atoms with Crippen LogP contribution in [-0.2, 0) is 28.8 Å². The maximum absolute atomic E-state index is 12.5. The zero-order valence-electron chi connectivity index (χ0n) is 17.9. The Labute approximate surface area is 183 Å². The van der Waals surface area contributed by atoms with Gasteiger partial charge in [-0.3, -0.25) is 24.0 Å². The molecule has 5 unspecified atom stereocenters. The molecule has 0 fully saturated rings. The summed E-state index contributed by atoms with van der Waals surface area (Å²) in [7, 11) is 0. The summed E-state index contributed by atoms with van der Waals surface area (Å²) in [4.78, 5) is 70.0. The van der Waals surface area contributed by atoms with Crippen molar-refractivity contribution in [1.82, 2.24) is 16.0 Å². The van der Waals surface area contributed by atoms with Crippen LogP contribution in [0, 0.1) is 5.92 Å². The highest BCUT2D eigenvalue weighted by Gasteiger charge is 2.34. The Morgan fingerprint density at radius 3 is 1.62 bits per heavy atom. The average molecular weight is 462 g/mol. The third-order valence-corrected chi connectivity index (χ3v) is 4.13. The Balaban J connectivity index is 5.47. The second-order valence-corrected chi connectivity index (χ2v) is 7.62. The van der Waals surface area contributed by atoms with Crippen LogP contribution in [0.25, 0.3) is 0 Å². The molecule has 9 N–H and O–H groups in total. The normalized spacial score (nSPS) is 15.6. The van der Waals surface area contributed by atoms with Crippen molar-refractivity contribution in [2.24, 2.45) is 11.7 Å². The molecule has 0 aliphatic heterocycles. The number of carbonyl (C=O) groups is 6. The summed E-state index contributed by atoms with van der Waals surface area (Å²) in [5, 5.41) is 42.7. The SMILES string of the molecule is CC(C)CC(N)C(=O)NC(C(=O)NC(CC(=O)O)C(=O)NC(CC(=O)O)C(=O)O)C(C)O. The number of hydrogen-bond donors (Lipinski definition) is 8. The predicted octanol–water partition coefficient (Wildman–Crippen LogP) is -2.77. The highest BCUT2D eigenvalue weighted by molar-refractivity contribution is 5.96. The van der Waals surface area contributed by atoms with Crippen LogP contribution in [0.5, 0.6) is 0 Å². The number of rotatable bonds is 14. The van der Waals surface area contributed by atoms with Crippen molar-refractivity contribution in [2.75, 3.05) is 0 Å². The molecule has 0 rings (SSSR count). The Morgan fingerprint density at radius 2 is 1.22 bits per heavy atom. The summed E-state index contributed by atoms with van der Waals surface area (Å²) in [5.74, 6) is -7.86. The van der Waals surface area contributed by atoms with Gasteiger partial charge in [-0.25, -0.2) is 4.79 Å². The molecule has 182 valence electrons. The van der Waals surface area contributed by atoms with Crippen LogP contribution in [-0.4, -0.2) is 86.3 Å². The van der Waals surface area contributed by atoms with E-state index < -0.39 is 78.7 Å². The summed E-state index contributed by atoms with van der Waals surface area (Å²) in [6.07, 6.45) is -3.15. The van der Waals surface area contributed by atoms with Gasteiger partial charge in [-0.1, -0.05) is 13.8 Å².